The Labute approximate surface area is 57.5 Å². The maximum Gasteiger partial charge on any atom is 0.251 e. The molecule has 3 heteroatoms. The molecule has 9 heavy (non-hydrogen) atoms. The van der Waals surface area contributed by atoms with E-state index in [9.17, 15) is 8.78 Å². The monoisotopic (exact) mass is 152 g/mol. The summed E-state index contributed by atoms with van der Waals surface area (Å²) in [6, 6.07) is 0. The SMILES string of the molecule is FC1(F)CC=C(Cl)CC1. The van der Waals surface area contributed by atoms with Gasteiger partial charge in [0.1, 0.15) is 0 Å². The molecule has 0 unspecified atom stereocenters. The molecular weight excluding hydrogens is 146 g/mol. The highest BCUT2D eigenvalue weighted by atomic mass is 35.5. The van der Waals surface area contributed by atoms with Crippen LogP contribution in [0.15, 0.2) is 11.1 Å². The molecule has 1 aliphatic carbocycles. The van der Waals surface area contributed by atoms with Crippen molar-refractivity contribution in [1.82, 2.24) is 0 Å². The van der Waals surface area contributed by atoms with Gasteiger partial charge in [-0.15, -0.1) is 0 Å². The lowest BCUT2D eigenvalue weighted by atomic mass is 10.0. The average Bonchev–Trinajstić information content (AvgIpc) is 1.78. The summed E-state index contributed by atoms with van der Waals surface area (Å²) in [5.41, 5.74) is 0. The number of alkyl halides is 2. The smallest absolute Gasteiger partial charge is 0.207 e. The first kappa shape index (κ1) is 7.00. The van der Waals surface area contributed by atoms with E-state index in [0.29, 0.717) is 11.5 Å². The van der Waals surface area contributed by atoms with E-state index in [4.69, 9.17) is 11.6 Å². The standard InChI is InChI=1S/C6H7ClF2/c7-5-1-3-6(8,9)4-2-5/h1H,2-4H2. The van der Waals surface area contributed by atoms with E-state index in [0.717, 1.165) is 0 Å². The number of hydrogen-bond acceptors (Lipinski definition) is 0. The minimum atomic E-state index is -2.50. The molecule has 0 N–H and O–H groups in total. The molecule has 0 amide bonds. The minimum Gasteiger partial charge on any atom is -0.207 e. The topological polar surface area (TPSA) is 0 Å². The Kier molecular flexibility index (Phi) is 1.75. The molecule has 0 spiro atoms. The Hall–Kier alpha value is -0.110. The first-order valence-corrected chi connectivity index (χ1v) is 3.20. The Balaban J connectivity index is 2.56. The van der Waals surface area contributed by atoms with E-state index in [2.05, 4.69) is 0 Å². The zero-order chi connectivity index (χ0) is 6.91. The van der Waals surface area contributed by atoms with Crippen LogP contribution in [0.5, 0.6) is 0 Å². The lowest BCUT2D eigenvalue weighted by Gasteiger charge is -2.17. The second-order valence-electron chi connectivity index (χ2n) is 2.21. The first-order valence-electron chi connectivity index (χ1n) is 2.82. The molecular formula is C6H7ClF2. The van der Waals surface area contributed by atoms with Crippen LogP contribution >= 0.6 is 11.6 Å². The lowest BCUT2D eigenvalue weighted by molar-refractivity contribution is -0.00774. The second-order valence-corrected chi connectivity index (χ2v) is 2.70. The fourth-order valence-electron chi connectivity index (χ4n) is 0.766. The first-order chi connectivity index (χ1) is 4.10. The van der Waals surface area contributed by atoms with Crippen molar-refractivity contribution < 1.29 is 8.78 Å². The zero-order valence-corrected chi connectivity index (χ0v) is 5.59. The van der Waals surface area contributed by atoms with Gasteiger partial charge in [0.25, 0.3) is 5.92 Å². The summed E-state index contributed by atoms with van der Waals surface area (Å²) in [6.45, 7) is 0. The van der Waals surface area contributed by atoms with Crippen molar-refractivity contribution in [2.75, 3.05) is 0 Å². The van der Waals surface area contributed by atoms with E-state index in [1.807, 2.05) is 0 Å². The van der Waals surface area contributed by atoms with E-state index in [-0.39, 0.29) is 12.8 Å². The van der Waals surface area contributed by atoms with Crippen LogP contribution in [0.25, 0.3) is 0 Å². The van der Waals surface area contributed by atoms with E-state index < -0.39 is 5.92 Å². The Morgan fingerprint density at radius 2 is 2.22 bits per heavy atom. The molecule has 0 nitrogen and oxygen atoms in total. The predicted octanol–water partition coefficient (Wildman–Crippen LogP) is 2.93. The van der Waals surface area contributed by atoms with E-state index in [1.165, 1.54) is 6.08 Å². The molecule has 0 saturated carbocycles. The van der Waals surface area contributed by atoms with Crippen LogP contribution in [0.1, 0.15) is 19.3 Å². The number of hydrogen-bond donors (Lipinski definition) is 0. The Morgan fingerprint density at radius 3 is 2.56 bits per heavy atom. The maximum atomic E-state index is 12.3. The van der Waals surface area contributed by atoms with Crippen LogP contribution < -0.4 is 0 Å². The molecule has 0 fully saturated rings. The largest absolute Gasteiger partial charge is 0.251 e. The van der Waals surface area contributed by atoms with Crippen LogP contribution in [0.4, 0.5) is 8.78 Å². The van der Waals surface area contributed by atoms with Gasteiger partial charge in [0.05, 0.1) is 0 Å². The molecule has 0 aromatic rings. The van der Waals surface area contributed by atoms with Gasteiger partial charge in [-0.2, -0.15) is 0 Å². The molecule has 0 heterocycles. The predicted molar refractivity (Wildman–Crippen MR) is 32.7 cm³/mol. The van der Waals surface area contributed by atoms with Crippen LogP contribution in [0, 0.1) is 0 Å². The average molecular weight is 153 g/mol. The second kappa shape index (κ2) is 2.25. The Bertz CT molecular complexity index is 140. The third-order valence-electron chi connectivity index (χ3n) is 1.35. The van der Waals surface area contributed by atoms with Gasteiger partial charge in [-0.1, -0.05) is 17.7 Å². The molecule has 52 valence electrons. The summed E-state index contributed by atoms with van der Waals surface area (Å²) in [6.07, 6.45) is 1.44. The van der Waals surface area contributed by atoms with Gasteiger partial charge < -0.3 is 0 Å². The van der Waals surface area contributed by atoms with Crippen molar-refractivity contribution in [1.29, 1.82) is 0 Å². The molecule has 0 aliphatic heterocycles. The fourth-order valence-corrected chi connectivity index (χ4v) is 0.938. The lowest BCUT2D eigenvalue weighted by Crippen LogP contribution is -2.17. The van der Waals surface area contributed by atoms with E-state index >= 15 is 0 Å². The quantitative estimate of drug-likeness (QED) is 0.501. The zero-order valence-electron chi connectivity index (χ0n) is 4.83. The van der Waals surface area contributed by atoms with E-state index in [1.54, 1.807) is 0 Å². The van der Waals surface area contributed by atoms with Crippen molar-refractivity contribution in [3.8, 4) is 0 Å². The summed E-state index contributed by atoms with van der Waals surface area (Å²) in [7, 11) is 0. The van der Waals surface area contributed by atoms with Crippen molar-refractivity contribution in [3.63, 3.8) is 0 Å². The molecule has 0 atom stereocenters. The normalized spacial score (nSPS) is 25.4. The van der Waals surface area contributed by atoms with Gasteiger partial charge in [-0.05, 0) is 6.42 Å². The number of allylic oxidation sites excluding steroid dienone is 2. The third kappa shape index (κ3) is 1.94. The summed E-state index contributed by atoms with van der Waals surface area (Å²) >= 11 is 5.47. The van der Waals surface area contributed by atoms with Crippen molar-refractivity contribution >= 4 is 11.6 Å². The molecule has 0 saturated heterocycles. The number of halogens is 3. The highest BCUT2D eigenvalue weighted by Gasteiger charge is 2.30. The summed E-state index contributed by atoms with van der Waals surface area (Å²) < 4.78 is 24.5. The molecule has 0 radical (unpaired) electrons. The Morgan fingerprint density at radius 1 is 1.56 bits per heavy atom. The van der Waals surface area contributed by atoms with Crippen LogP contribution in [0.2, 0.25) is 0 Å². The maximum absolute atomic E-state index is 12.3. The van der Waals surface area contributed by atoms with Gasteiger partial charge in [-0.25, -0.2) is 8.78 Å². The molecule has 1 rings (SSSR count). The van der Waals surface area contributed by atoms with Crippen LogP contribution in [-0.2, 0) is 0 Å². The van der Waals surface area contributed by atoms with Crippen LogP contribution in [-0.4, -0.2) is 5.92 Å². The molecule has 0 bridgehead atoms. The number of rotatable bonds is 0. The van der Waals surface area contributed by atoms with Gasteiger partial charge in [-0.3, -0.25) is 0 Å². The minimum absolute atomic E-state index is 0.0949. The summed E-state index contributed by atoms with van der Waals surface area (Å²) in [5, 5.41) is 0.570. The molecule has 0 aromatic carbocycles. The highest BCUT2D eigenvalue weighted by molar-refractivity contribution is 6.29. The molecule has 1 aliphatic rings. The van der Waals surface area contributed by atoms with Crippen molar-refractivity contribution in [2.45, 2.75) is 25.2 Å². The van der Waals surface area contributed by atoms with Gasteiger partial charge >= 0.3 is 0 Å². The van der Waals surface area contributed by atoms with Gasteiger partial charge in [0, 0.05) is 17.9 Å². The summed E-state index contributed by atoms with van der Waals surface area (Å²) in [4.78, 5) is 0. The van der Waals surface area contributed by atoms with Crippen molar-refractivity contribution in [2.24, 2.45) is 0 Å². The fraction of sp³-hybridized carbons (Fsp3) is 0.667. The van der Waals surface area contributed by atoms with Gasteiger partial charge in [0.15, 0.2) is 0 Å². The van der Waals surface area contributed by atoms with Crippen LogP contribution in [0.3, 0.4) is 0 Å². The molecule has 0 aromatic heterocycles. The van der Waals surface area contributed by atoms with Crippen molar-refractivity contribution in [3.05, 3.63) is 11.1 Å². The van der Waals surface area contributed by atoms with Gasteiger partial charge in [0.2, 0.25) is 0 Å². The summed E-state index contributed by atoms with van der Waals surface area (Å²) in [5.74, 6) is -2.50. The third-order valence-corrected chi connectivity index (χ3v) is 1.70. The highest BCUT2D eigenvalue weighted by Crippen LogP contribution is 2.33.